The van der Waals surface area contributed by atoms with Gasteiger partial charge in [-0.3, -0.25) is 9.59 Å². The second kappa shape index (κ2) is 11.1. The molecule has 1 saturated carbocycles. The van der Waals surface area contributed by atoms with Crippen molar-refractivity contribution in [2.45, 2.75) is 42.8 Å². The Morgan fingerprint density at radius 1 is 0.925 bits per heavy atom. The van der Waals surface area contributed by atoms with Crippen molar-refractivity contribution in [1.82, 2.24) is 10.6 Å². The second-order valence-corrected chi connectivity index (χ2v) is 9.61. The highest BCUT2D eigenvalue weighted by atomic mass is 35.5. The minimum Gasteiger partial charge on any atom is -0.345 e. The lowest BCUT2D eigenvalue weighted by molar-refractivity contribution is -0.140. The summed E-state index contributed by atoms with van der Waals surface area (Å²) in [5.74, 6) is -7.12. The highest BCUT2D eigenvalue weighted by Gasteiger charge is 2.52. The minimum atomic E-state index is -5.31. The molecule has 16 heteroatoms. The van der Waals surface area contributed by atoms with Gasteiger partial charge in [0.15, 0.2) is 0 Å². The first-order chi connectivity index (χ1) is 18.2. The minimum absolute atomic E-state index is 0.0268. The van der Waals surface area contributed by atoms with Gasteiger partial charge in [0.1, 0.15) is 23.8 Å². The third kappa shape index (κ3) is 7.59. The van der Waals surface area contributed by atoms with Crippen LogP contribution in [0.1, 0.15) is 45.8 Å². The van der Waals surface area contributed by atoms with Crippen LogP contribution in [0.3, 0.4) is 0 Å². The number of carbonyl (C=O) groups excluding carboxylic acids is 2. The van der Waals surface area contributed by atoms with Crippen molar-refractivity contribution in [3.63, 3.8) is 0 Å². The van der Waals surface area contributed by atoms with E-state index in [-0.39, 0.29) is 35.0 Å². The Kier molecular flexibility index (Phi) is 8.76. The van der Waals surface area contributed by atoms with E-state index in [0.717, 1.165) is 18.2 Å². The summed E-state index contributed by atoms with van der Waals surface area (Å²) < 4.78 is 134. The number of benzene rings is 2. The maximum atomic E-state index is 14.9. The van der Waals surface area contributed by atoms with Gasteiger partial charge in [-0.15, -0.1) is 0 Å². The van der Waals surface area contributed by atoms with E-state index in [1.165, 1.54) is 5.32 Å². The first-order valence-electron chi connectivity index (χ1n) is 11.0. The van der Waals surface area contributed by atoms with Crippen molar-refractivity contribution in [3.8, 4) is 0 Å². The number of hydrogen-bond acceptors (Lipinski definition) is 2. The van der Waals surface area contributed by atoms with Crippen molar-refractivity contribution >= 4 is 40.8 Å². The van der Waals surface area contributed by atoms with Gasteiger partial charge in [-0.05, 0) is 48.7 Å². The van der Waals surface area contributed by atoms with Crippen LogP contribution in [0, 0.1) is 0 Å². The third-order valence-electron chi connectivity index (χ3n) is 5.80. The lowest BCUT2D eigenvalue weighted by Gasteiger charge is -2.20. The Bertz CT molecular complexity index is 1330. The summed E-state index contributed by atoms with van der Waals surface area (Å²) in [6.45, 7) is -1.74. The van der Waals surface area contributed by atoms with Crippen LogP contribution >= 0.6 is 23.2 Å². The first-order valence-corrected chi connectivity index (χ1v) is 11.8. The molecular formula is C24H16Cl2F10N2O2. The first kappa shape index (κ1) is 31.5. The van der Waals surface area contributed by atoms with E-state index in [2.05, 4.69) is 0 Å². The molecule has 3 rings (SSSR count). The predicted octanol–water partition coefficient (Wildman–Crippen LogP) is 7.61. The molecule has 1 aliphatic carbocycles. The Balaban J connectivity index is 1.94. The Morgan fingerprint density at radius 3 is 2.05 bits per heavy atom. The van der Waals surface area contributed by atoms with E-state index in [1.54, 1.807) is 0 Å². The molecule has 4 nitrogen and oxygen atoms in total. The molecule has 218 valence electrons. The molecule has 2 aromatic rings. The molecule has 0 saturated heterocycles. The standard InChI is InChI=1S/C24H16Cl2F10N2O2/c25-16-4-2-11(8-17(16)26)14(23(31,32)33)9-18(27)12-1-3-13(15(7-12)24(34,35)36)19(39)38-21(5-6-21)20(40)37-10-22(28,29)30/h1-4,7-9,14H,5-6,10H2,(H,37,40)(H,38,39). The lowest BCUT2D eigenvalue weighted by Crippen LogP contribution is -2.51. The van der Waals surface area contributed by atoms with E-state index in [4.69, 9.17) is 23.2 Å². The zero-order valence-electron chi connectivity index (χ0n) is 19.6. The molecule has 0 bridgehead atoms. The highest BCUT2D eigenvalue weighted by molar-refractivity contribution is 6.42. The fourth-order valence-corrected chi connectivity index (χ4v) is 3.93. The predicted molar refractivity (Wildman–Crippen MR) is 124 cm³/mol. The van der Waals surface area contributed by atoms with E-state index >= 15 is 0 Å². The molecule has 1 unspecified atom stereocenters. The Morgan fingerprint density at radius 2 is 1.55 bits per heavy atom. The molecule has 0 spiro atoms. The van der Waals surface area contributed by atoms with Crippen LogP contribution in [0.25, 0.3) is 5.83 Å². The van der Waals surface area contributed by atoms with Gasteiger partial charge in [-0.25, -0.2) is 4.39 Å². The summed E-state index contributed by atoms with van der Waals surface area (Å²) in [6, 6.07) is 3.94. The van der Waals surface area contributed by atoms with Crippen LogP contribution in [0.4, 0.5) is 43.9 Å². The quantitative estimate of drug-likeness (QED) is 0.312. The number of hydrogen-bond donors (Lipinski definition) is 2. The van der Waals surface area contributed by atoms with Gasteiger partial charge in [0.2, 0.25) is 5.91 Å². The number of nitrogens with one attached hydrogen (secondary N) is 2. The van der Waals surface area contributed by atoms with Gasteiger partial charge in [0.25, 0.3) is 5.91 Å². The van der Waals surface area contributed by atoms with Crippen LogP contribution in [0.15, 0.2) is 42.5 Å². The van der Waals surface area contributed by atoms with E-state index in [9.17, 15) is 53.5 Å². The summed E-state index contributed by atoms with van der Waals surface area (Å²) in [4.78, 5) is 24.7. The maximum absolute atomic E-state index is 14.9. The van der Waals surface area contributed by atoms with Crippen molar-refractivity contribution in [2.75, 3.05) is 6.54 Å². The Hall–Kier alpha value is -3.00. The molecule has 2 N–H and O–H groups in total. The van der Waals surface area contributed by atoms with Gasteiger partial charge in [-0.1, -0.05) is 35.3 Å². The summed E-state index contributed by atoms with van der Waals surface area (Å²) in [5, 5.41) is 3.13. The number of carbonyl (C=O) groups is 2. The summed E-state index contributed by atoms with van der Waals surface area (Å²) in [6.07, 6.45) is -15.5. The smallest absolute Gasteiger partial charge is 0.345 e. The molecule has 1 fully saturated rings. The van der Waals surface area contributed by atoms with Gasteiger partial charge in [-0.2, -0.15) is 39.5 Å². The number of rotatable bonds is 7. The molecule has 2 aromatic carbocycles. The number of alkyl halides is 9. The second-order valence-electron chi connectivity index (χ2n) is 8.80. The normalized spacial score (nSPS) is 16.4. The zero-order chi connectivity index (χ0) is 30.3. The van der Waals surface area contributed by atoms with Crippen LogP contribution in [0.5, 0.6) is 0 Å². The zero-order valence-corrected chi connectivity index (χ0v) is 21.1. The molecule has 40 heavy (non-hydrogen) atoms. The number of amides is 2. The van der Waals surface area contributed by atoms with Crippen LogP contribution in [0.2, 0.25) is 10.0 Å². The van der Waals surface area contributed by atoms with Gasteiger partial charge in [0.05, 0.1) is 21.2 Å². The van der Waals surface area contributed by atoms with E-state index in [1.807, 2.05) is 5.32 Å². The van der Waals surface area contributed by atoms with E-state index in [0.29, 0.717) is 12.1 Å². The van der Waals surface area contributed by atoms with Crippen molar-refractivity contribution in [1.29, 1.82) is 0 Å². The molecule has 0 radical (unpaired) electrons. The maximum Gasteiger partial charge on any atom is 0.417 e. The average Bonchev–Trinajstić information content (AvgIpc) is 3.61. The number of allylic oxidation sites excluding steroid dienone is 1. The monoisotopic (exact) mass is 624 g/mol. The summed E-state index contributed by atoms with van der Waals surface area (Å²) in [5.41, 5.74) is -6.27. The molecule has 0 aromatic heterocycles. The van der Waals surface area contributed by atoms with Gasteiger partial charge in [0, 0.05) is 5.56 Å². The van der Waals surface area contributed by atoms with Crippen molar-refractivity contribution in [2.24, 2.45) is 0 Å². The molecule has 1 atom stereocenters. The largest absolute Gasteiger partial charge is 0.417 e. The van der Waals surface area contributed by atoms with E-state index < -0.39 is 76.4 Å². The van der Waals surface area contributed by atoms with Crippen LogP contribution in [-0.4, -0.2) is 36.3 Å². The molecule has 1 aliphatic rings. The highest BCUT2D eigenvalue weighted by Crippen LogP contribution is 2.42. The van der Waals surface area contributed by atoms with Gasteiger partial charge < -0.3 is 10.6 Å². The fraction of sp³-hybridized carbons (Fsp3) is 0.333. The van der Waals surface area contributed by atoms with Gasteiger partial charge >= 0.3 is 18.5 Å². The van der Waals surface area contributed by atoms with Crippen LogP contribution < -0.4 is 10.6 Å². The fourth-order valence-electron chi connectivity index (χ4n) is 3.62. The molecular weight excluding hydrogens is 609 g/mol. The third-order valence-corrected chi connectivity index (χ3v) is 6.54. The summed E-state index contributed by atoms with van der Waals surface area (Å²) >= 11 is 11.4. The molecule has 0 heterocycles. The molecule has 0 aliphatic heterocycles. The van der Waals surface area contributed by atoms with Crippen molar-refractivity contribution in [3.05, 3.63) is 74.8 Å². The topological polar surface area (TPSA) is 58.2 Å². The average molecular weight is 625 g/mol. The lowest BCUT2D eigenvalue weighted by atomic mass is 9.95. The van der Waals surface area contributed by atoms with Crippen LogP contribution in [-0.2, 0) is 11.0 Å². The molecule has 2 amide bonds. The Labute approximate surface area is 229 Å². The van der Waals surface area contributed by atoms with Crippen molar-refractivity contribution < 1.29 is 53.5 Å². The number of halogens is 12. The summed E-state index contributed by atoms with van der Waals surface area (Å²) in [7, 11) is 0. The SMILES string of the molecule is O=C(NC1(C(=O)NCC(F)(F)F)CC1)c1ccc(C(F)=CC(c2ccc(Cl)c(Cl)c2)C(F)(F)F)cc1C(F)(F)F.